The van der Waals surface area contributed by atoms with E-state index < -0.39 is 5.97 Å². The van der Waals surface area contributed by atoms with E-state index in [0.717, 1.165) is 48.0 Å². The van der Waals surface area contributed by atoms with Gasteiger partial charge >= 0.3 is 5.97 Å². The van der Waals surface area contributed by atoms with Crippen LogP contribution >= 0.6 is 11.3 Å². The summed E-state index contributed by atoms with van der Waals surface area (Å²) in [6.07, 6.45) is 2.55. The van der Waals surface area contributed by atoms with Gasteiger partial charge in [0.25, 0.3) is 0 Å². The summed E-state index contributed by atoms with van der Waals surface area (Å²) in [5, 5.41) is 12.2. The van der Waals surface area contributed by atoms with E-state index in [4.69, 9.17) is 15.1 Å². The van der Waals surface area contributed by atoms with E-state index in [-0.39, 0.29) is 5.41 Å². The van der Waals surface area contributed by atoms with Gasteiger partial charge in [-0.25, -0.2) is 4.98 Å². The molecule has 0 bridgehead atoms. The van der Waals surface area contributed by atoms with Crippen LogP contribution in [0, 0.1) is 11.3 Å². The molecule has 0 radical (unpaired) electrons. The Hall–Kier alpha value is -1.89. The maximum Gasteiger partial charge on any atom is 0.303 e. The van der Waals surface area contributed by atoms with Gasteiger partial charge in [-0.1, -0.05) is 0 Å². The van der Waals surface area contributed by atoms with Crippen molar-refractivity contribution in [3.05, 3.63) is 11.4 Å². The number of hydrogen-bond donors (Lipinski definition) is 1. The van der Waals surface area contributed by atoms with Gasteiger partial charge < -0.3 is 14.9 Å². The van der Waals surface area contributed by atoms with Crippen molar-refractivity contribution in [1.29, 1.82) is 0 Å². The Bertz CT molecular complexity index is 829. The fraction of sp³-hybridized carbons (Fsp3) is 0.588. The maximum absolute atomic E-state index is 10.9. The van der Waals surface area contributed by atoms with E-state index in [1.54, 1.807) is 11.3 Å². The molecule has 5 rings (SSSR count). The smallest absolute Gasteiger partial charge is 0.303 e. The third-order valence-electron chi connectivity index (χ3n) is 5.96. The highest BCUT2D eigenvalue weighted by atomic mass is 32.1. The van der Waals surface area contributed by atoms with Gasteiger partial charge in [-0.15, -0.1) is 11.3 Å². The van der Waals surface area contributed by atoms with Gasteiger partial charge in [0.2, 0.25) is 5.95 Å². The number of nitrogens with zero attached hydrogens (tertiary/aromatic N) is 4. The van der Waals surface area contributed by atoms with Gasteiger partial charge in [0.15, 0.2) is 0 Å². The number of carboxylic acid groups (broad SMARTS) is 1. The molecule has 2 atom stereocenters. The van der Waals surface area contributed by atoms with Crippen LogP contribution in [0.3, 0.4) is 0 Å². The molecule has 0 aromatic carbocycles. The van der Waals surface area contributed by atoms with Crippen molar-refractivity contribution in [1.82, 2.24) is 9.97 Å². The van der Waals surface area contributed by atoms with Gasteiger partial charge in [0.1, 0.15) is 10.6 Å². The van der Waals surface area contributed by atoms with E-state index in [0.29, 0.717) is 18.4 Å². The lowest BCUT2D eigenvalue weighted by atomic mass is 9.92. The topological polar surface area (TPSA) is 69.6 Å². The van der Waals surface area contributed by atoms with E-state index >= 15 is 0 Å². The second-order valence-corrected chi connectivity index (χ2v) is 8.43. The van der Waals surface area contributed by atoms with Crippen molar-refractivity contribution >= 4 is 39.3 Å². The summed E-state index contributed by atoms with van der Waals surface area (Å²) in [5.74, 6) is 1.55. The number of carbonyl (C=O) groups is 1. The number of aliphatic carboxylic acids is 1. The molecule has 24 heavy (non-hydrogen) atoms. The van der Waals surface area contributed by atoms with Crippen molar-refractivity contribution in [2.24, 2.45) is 11.3 Å². The van der Waals surface area contributed by atoms with Crippen LogP contribution in [0.25, 0.3) is 10.2 Å². The third-order valence-corrected chi connectivity index (χ3v) is 6.77. The number of fused-ring (bicyclic) bond motifs is 1. The van der Waals surface area contributed by atoms with Crippen molar-refractivity contribution in [2.45, 2.75) is 32.2 Å². The molecule has 1 spiro atoms. The molecule has 1 aliphatic carbocycles. The van der Waals surface area contributed by atoms with Crippen LogP contribution in [-0.4, -0.2) is 46.7 Å². The lowest BCUT2D eigenvalue weighted by Gasteiger charge is -2.43. The number of aromatic nitrogens is 2. The first-order valence-corrected chi connectivity index (χ1v) is 9.42. The molecule has 2 aromatic rings. The zero-order valence-electron chi connectivity index (χ0n) is 13.6. The van der Waals surface area contributed by atoms with Crippen LogP contribution in [-0.2, 0) is 4.79 Å². The monoisotopic (exact) mass is 344 g/mol. The SMILES string of the molecule is C[C@H]1CCN1c1nc(N2CC3(C[C@H]3CC(=O)O)C2)c2ccsc2n1. The average molecular weight is 344 g/mol. The second-order valence-electron chi connectivity index (χ2n) is 7.54. The van der Waals surface area contributed by atoms with Crippen LogP contribution in [0.15, 0.2) is 11.4 Å². The first-order valence-electron chi connectivity index (χ1n) is 8.54. The second kappa shape index (κ2) is 4.81. The maximum atomic E-state index is 10.9. The minimum Gasteiger partial charge on any atom is -0.481 e. The minimum atomic E-state index is -0.674. The lowest BCUT2D eigenvalue weighted by Crippen LogP contribution is -2.51. The highest BCUT2D eigenvalue weighted by molar-refractivity contribution is 7.16. The Morgan fingerprint density at radius 3 is 2.96 bits per heavy atom. The van der Waals surface area contributed by atoms with E-state index in [2.05, 4.69) is 28.2 Å². The summed E-state index contributed by atoms with van der Waals surface area (Å²) in [5.41, 5.74) is 0.232. The van der Waals surface area contributed by atoms with Crippen LogP contribution in [0.4, 0.5) is 11.8 Å². The van der Waals surface area contributed by atoms with Gasteiger partial charge in [0.05, 0.1) is 5.39 Å². The fourth-order valence-electron chi connectivity index (χ4n) is 4.19. The summed E-state index contributed by atoms with van der Waals surface area (Å²) in [6.45, 7) is 5.11. The molecule has 126 valence electrons. The van der Waals surface area contributed by atoms with E-state index in [1.807, 2.05) is 0 Å². The van der Waals surface area contributed by atoms with Crippen LogP contribution in [0.1, 0.15) is 26.2 Å². The summed E-state index contributed by atoms with van der Waals surface area (Å²) in [6, 6.07) is 2.62. The summed E-state index contributed by atoms with van der Waals surface area (Å²) in [7, 11) is 0. The zero-order chi connectivity index (χ0) is 16.5. The molecule has 3 fully saturated rings. The van der Waals surface area contributed by atoms with Crippen LogP contribution < -0.4 is 9.80 Å². The molecule has 2 aromatic heterocycles. The number of anilines is 2. The lowest BCUT2D eigenvalue weighted by molar-refractivity contribution is -0.137. The molecule has 1 N–H and O–H groups in total. The van der Waals surface area contributed by atoms with Gasteiger partial charge in [-0.3, -0.25) is 4.79 Å². The first-order chi connectivity index (χ1) is 11.6. The van der Waals surface area contributed by atoms with Crippen molar-refractivity contribution < 1.29 is 9.90 Å². The van der Waals surface area contributed by atoms with Gasteiger partial charge in [-0.05, 0) is 37.1 Å². The predicted molar refractivity (Wildman–Crippen MR) is 93.8 cm³/mol. The Morgan fingerprint density at radius 2 is 2.29 bits per heavy atom. The normalized spacial score (nSPS) is 27.2. The van der Waals surface area contributed by atoms with E-state index in [1.165, 1.54) is 6.42 Å². The molecule has 6 nitrogen and oxygen atoms in total. The predicted octanol–water partition coefficient (Wildman–Crippen LogP) is 2.59. The Morgan fingerprint density at radius 1 is 1.46 bits per heavy atom. The van der Waals surface area contributed by atoms with Crippen LogP contribution in [0.2, 0.25) is 0 Å². The van der Waals surface area contributed by atoms with Crippen LogP contribution in [0.5, 0.6) is 0 Å². The number of thiophene rings is 1. The first kappa shape index (κ1) is 14.5. The highest BCUT2D eigenvalue weighted by Crippen LogP contribution is 2.61. The molecule has 4 heterocycles. The Balaban J connectivity index is 1.41. The third kappa shape index (κ3) is 2.03. The number of hydrogen-bond acceptors (Lipinski definition) is 6. The molecule has 3 aliphatic rings. The average Bonchev–Trinajstić information content (AvgIpc) is 2.98. The van der Waals surface area contributed by atoms with E-state index in [9.17, 15) is 4.79 Å². The Kier molecular flexibility index (Phi) is 2.90. The molecule has 1 saturated carbocycles. The molecule has 2 saturated heterocycles. The van der Waals surface area contributed by atoms with Crippen molar-refractivity contribution in [3.63, 3.8) is 0 Å². The van der Waals surface area contributed by atoms with Gasteiger partial charge in [-0.2, -0.15) is 4.98 Å². The summed E-state index contributed by atoms with van der Waals surface area (Å²) in [4.78, 5) is 26.2. The quantitative estimate of drug-likeness (QED) is 0.919. The number of rotatable bonds is 4. The fourth-order valence-corrected chi connectivity index (χ4v) is 4.95. The number of carboxylic acids is 1. The Labute approximate surface area is 144 Å². The van der Waals surface area contributed by atoms with Crippen molar-refractivity contribution in [2.75, 3.05) is 29.4 Å². The minimum absolute atomic E-state index is 0.232. The van der Waals surface area contributed by atoms with Crippen molar-refractivity contribution in [3.8, 4) is 0 Å². The highest BCUT2D eigenvalue weighted by Gasteiger charge is 2.62. The molecule has 0 unspecified atom stereocenters. The zero-order valence-corrected chi connectivity index (χ0v) is 14.4. The summed E-state index contributed by atoms with van der Waals surface area (Å²) >= 11 is 1.66. The molecule has 0 amide bonds. The molecular formula is C17H20N4O2S. The standard InChI is InChI=1S/C17H20N4O2S/c1-10-2-4-21(10)16-18-14(12-3-5-24-15(12)19-16)20-8-17(9-20)7-11(17)6-13(22)23/h3,5,10-11H,2,4,6-9H2,1H3,(H,22,23)/t10-,11+/m0/s1. The molecular weight excluding hydrogens is 324 g/mol. The molecule has 2 aliphatic heterocycles. The largest absolute Gasteiger partial charge is 0.481 e. The molecule has 7 heteroatoms. The van der Waals surface area contributed by atoms with Gasteiger partial charge in [0, 0.05) is 37.5 Å². The summed E-state index contributed by atoms with van der Waals surface area (Å²) < 4.78 is 0.